The third-order valence-electron chi connectivity index (χ3n) is 6.35. The molecule has 2 fully saturated rings. The van der Waals surface area contributed by atoms with E-state index in [-0.39, 0.29) is 0 Å². The highest BCUT2D eigenvalue weighted by atomic mass is 35.5. The van der Waals surface area contributed by atoms with Crippen LogP contribution in [-0.4, -0.2) is 71.7 Å². The Morgan fingerprint density at radius 1 is 0.939 bits per heavy atom. The van der Waals surface area contributed by atoms with Gasteiger partial charge >= 0.3 is 0 Å². The molecule has 9 heteroatoms. The molecule has 2 aliphatic rings. The normalized spacial score (nSPS) is 17.5. The quantitative estimate of drug-likeness (QED) is 0.510. The predicted octanol–water partition coefficient (Wildman–Crippen LogP) is 3.98. The molecule has 3 aromatic rings. The predicted molar refractivity (Wildman–Crippen MR) is 135 cm³/mol. The minimum atomic E-state index is 0.679. The van der Waals surface area contributed by atoms with Crippen LogP contribution in [0.3, 0.4) is 0 Å². The van der Waals surface area contributed by atoms with Crippen LogP contribution >= 0.6 is 23.8 Å². The van der Waals surface area contributed by atoms with Crippen molar-refractivity contribution in [2.75, 3.05) is 62.3 Å². The molecule has 1 aromatic heterocycles. The molecule has 0 spiro atoms. The van der Waals surface area contributed by atoms with E-state index in [1.54, 1.807) is 0 Å². The van der Waals surface area contributed by atoms with Crippen LogP contribution in [-0.2, 0) is 11.4 Å². The minimum Gasteiger partial charge on any atom is -0.378 e. The van der Waals surface area contributed by atoms with Gasteiger partial charge in [-0.1, -0.05) is 35.9 Å². The maximum atomic E-state index is 6.19. The van der Waals surface area contributed by atoms with E-state index in [9.17, 15) is 0 Å². The number of aryl methyl sites for hydroxylation is 1. The Hall–Kier alpha value is -2.39. The molecule has 2 saturated heterocycles. The third-order valence-corrected chi connectivity index (χ3v) is 6.98. The van der Waals surface area contributed by atoms with Crippen molar-refractivity contribution >= 4 is 35.5 Å². The van der Waals surface area contributed by atoms with Gasteiger partial charge in [-0.3, -0.25) is 9.47 Å². The van der Waals surface area contributed by atoms with Gasteiger partial charge in [0, 0.05) is 50.0 Å². The minimum absolute atomic E-state index is 0.679. The monoisotopic (exact) mass is 484 g/mol. The molecule has 0 aliphatic carbocycles. The number of piperazine rings is 1. The average Bonchev–Trinajstić information content (AvgIpc) is 3.16. The molecule has 0 atom stereocenters. The Labute approximate surface area is 204 Å². The summed E-state index contributed by atoms with van der Waals surface area (Å²) in [5.74, 6) is 0.898. The number of para-hydroxylation sites is 1. The smallest absolute Gasteiger partial charge is 0.230 e. The fraction of sp³-hybridized carbons (Fsp3) is 0.417. The van der Waals surface area contributed by atoms with E-state index < -0.39 is 0 Å². The van der Waals surface area contributed by atoms with Crippen molar-refractivity contribution in [2.45, 2.75) is 13.6 Å². The second-order valence-corrected chi connectivity index (χ2v) is 9.33. The zero-order valence-corrected chi connectivity index (χ0v) is 20.4. The van der Waals surface area contributed by atoms with Crippen molar-refractivity contribution in [1.29, 1.82) is 0 Å². The number of morpholine rings is 1. The average molecular weight is 485 g/mol. The maximum absolute atomic E-state index is 6.19. The van der Waals surface area contributed by atoms with Crippen LogP contribution < -0.4 is 9.80 Å². The standard InChI is InChI=1S/C24H29ClN6OS/c1-19-5-2-3-8-22(19)31-23(29-13-15-32-16-14-29)26-30(24(31)33)18-27-9-11-28(12-10-27)21-7-4-6-20(25)17-21/h2-8,17H,9-16,18H2,1H3. The van der Waals surface area contributed by atoms with E-state index in [1.165, 1.54) is 11.3 Å². The highest BCUT2D eigenvalue weighted by Gasteiger charge is 2.24. The summed E-state index contributed by atoms with van der Waals surface area (Å²) < 4.78 is 10.4. The van der Waals surface area contributed by atoms with Crippen molar-refractivity contribution in [3.63, 3.8) is 0 Å². The van der Waals surface area contributed by atoms with Gasteiger partial charge in [0.25, 0.3) is 0 Å². The molecule has 0 saturated carbocycles. The van der Waals surface area contributed by atoms with Crippen molar-refractivity contribution in [3.05, 3.63) is 63.9 Å². The summed E-state index contributed by atoms with van der Waals surface area (Å²) in [6.45, 7) is 9.62. The van der Waals surface area contributed by atoms with E-state index in [0.29, 0.717) is 19.9 Å². The van der Waals surface area contributed by atoms with Crippen LogP contribution in [0.4, 0.5) is 11.6 Å². The number of hydrogen-bond acceptors (Lipinski definition) is 6. The van der Waals surface area contributed by atoms with E-state index in [1.807, 2.05) is 22.9 Å². The molecule has 7 nitrogen and oxygen atoms in total. The van der Waals surface area contributed by atoms with Gasteiger partial charge in [-0.25, -0.2) is 4.68 Å². The number of halogens is 1. The molecule has 5 rings (SSSR count). The van der Waals surface area contributed by atoms with Gasteiger partial charge in [-0.05, 0) is 49.0 Å². The lowest BCUT2D eigenvalue weighted by Crippen LogP contribution is -2.47. The molecule has 2 aromatic carbocycles. The summed E-state index contributed by atoms with van der Waals surface area (Å²) in [6.07, 6.45) is 0. The summed E-state index contributed by atoms with van der Waals surface area (Å²) in [5.41, 5.74) is 3.44. The van der Waals surface area contributed by atoms with E-state index in [0.717, 1.165) is 60.7 Å². The largest absolute Gasteiger partial charge is 0.378 e. The van der Waals surface area contributed by atoms with Crippen LogP contribution in [0.15, 0.2) is 48.5 Å². The molecule has 0 bridgehead atoms. The number of benzene rings is 2. The second kappa shape index (κ2) is 9.85. The Morgan fingerprint density at radius 3 is 2.42 bits per heavy atom. The molecule has 0 unspecified atom stereocenters. The molecule has 33 heavy (non-hydrogen) atoms. The molecule has 0 N–H and O–H groups in total. The first-order valence-electron chi connectivity index (χ1n) is 11.4. The number of aromatic nitrogens is 3. The van der Waals surface area contributed by atoms with Gasteiger partial charge in [0.1, 0.15) is 0 Å². The van der Waals surface area contributed by atoms with E-state index >= 15 is 0 Å². The van der Waals surface area contributed by atoms with Crippen molar-refractivity contribution in [1.82, 2.24) is 19.2 Å². The first-order valence-corrected chi connectivity index (χ1v) is 12.2. The highest BCUT2D eigenvalue weighted by Crippen LogP contribution is 2.24. The molecule has 0 amide bonds. The van der Waals surface area contributed by atoms with Crippen LogP contribution in [0, 0.1) is 11.7 Å². The SMILES string of the molecule is Cc1ccccc1-n1c(N2CCOCC2)nn(CN2CCN(c3cccc(Cl)c3)CC2)c1=S. The van der Waals surface area contributed by atoms with Crippen LogP contribution in [0.25, 0.3) is 5.69 Å². The topological polar surface area (TPSA) is 41.7 Å². The van der Waals surface area contributed by atoms with Gasteiger partial charge in [-0.15, -0.1) is 5.10 Å². The fourth-order valence-electron chi connectivity index (χ4n) is 4.49. The molecule has 174 valence electrons. The highest BCUT2D eigenvalue weighted by molar-refractivity contribution is 7.71. The van der Waals surface area contributed by atoms with Gasteiger partial charge in [-0.2, -0.15) is 0 Å². The number of ether oxygens (including phenoxy) is 1. The van der Waals surface area contributed by atoms with Gasteiger partial charge in [0.2, 0.25) is 10.7 Å². The summed E-state index contributed by atoms with van der Waals surface area (Å²) in [6, 6.07) is 16.4. The number of nitrogens with zero attached hydrogens (tertiary/aromatic N) is 6. The Bertz CT molecular complexity index is 1160. The first-order chi connectivity index (χ1) is 16.1. The molecular formula is C24H29ClN6OS. The Morgan fingerprint density at radius 2 is 1.70 bits per heavy atom. The number of anilines is 2. The third kappa shape index (κ3) is 4.80. The summed E-state index contributed by atoms with van der Waals surface area (Å²) in [5, 5.41) is 5.78. The second-order valence-electron chi connectivity index (χ2n) is 8.53. The molecule has 3 heterocycles. The Kier molecular flexibility index (Phi) is 6.69. The lowest BCUT2D eigenvalue weighted by molar-refractivity contribution is 0.121. The lowest BCUT2D eigenvalue weighted by atomic mass is 10.2. The van der Waals surface area contributed by atoms with Crippen molar-refractivity contribution in [2.24, 2.45) is 0 Å². The van der Waals surface area contributed by atoms with Crippen molar-refractivity contribution < 1.29 is 4.74 Å². The summed E-state index contributed by atoms with van der Waals surface area (Å²) in [7, 11) is 0. The number of rotatable bonds is 5. The van der Waals surface area contributed by atoms with Crippen molar-refractivity contribution in [3.8, 4) is 5.69 Å². The van der Waals surface area contributed by atoms with Gasteiger partial charge < -0.3 is 14.5 Å². The zero-order chi connectivity index (χ0) is 22.8. The van der Waals surface area contributed by atoms with Crippen LogP contribution in [0.5, 0.6) is 0 Å². The molecule has 0 radical (unpaired) electrons. The zero-order valence-electron chi connectivity index (χ0n) is 18.9. The number of hydrogen-bond donors (Lipinski definition) is 0. The van der Waals surface area contributed by atoms with Gasteiger partial charge in [0.05, 0.1) is 25.6 Å². The maximum Gasteiger partial charge on any atom is 0.230 e. The summed E-state index contributed by atoms with van der Waals surface area (Å²) in [4.78, 5) is 7.07. The van der Waals surface area contributed by atoms with E-state index in [4.69, 9.17) is 33.7 Å². The molecule has 2 aliphatic heterocycles. The van der Waals surface area contributed by atoms with Gasteiger partial charge in [0.15, 0.2) is 0 Å². The van der Waals surface area contributed by atoms with Crippen LogP contribution in [0.1, 0.15) is 5.56 Å². The van der Waals surface area contributed by atoms with E-state index in [2.05, 4.69) is 56.5 Å². The molecular weight excluding hydrogens is 456 g/mol. The summed E-state index contributed by atoms with van der Waals surface area (Å²) >= 11 is 12.1. The van der Waals surface area contributed by atoms with Crippen LogP contribution in [0.2, 0.25) is 5.02 Å². The first kappa shape index (κ1) is 22.4. The fourth-order valence-corrected chi connectivity index (χ4v) is 4.95. The Balaban J connectivity index is 1.38. The lowest BCUT2D eigenvalue weighted by Gasteiger charge is -2.35.